The summed E-state index contributed by atoms with van der Waals surface area (Å²) in [6.07, 6.45) is 2.54. The second-order valence-corrected chi connectivity index (χ2v) is 5.96. The Labute approximate surface area is 144 Å². The fraction of sp³-hybridized carbons (Fsp3) is 0.421. The topological polar surface area (TPSA) is 52.8 Å². The summed E-state index contributed by atoms with van der Waals surface area (Å²) in [6.45, 7) is 6.49. The molecule has 0 radical (unpaired) electrons. The molecule has 130 valence electrons. The molecule has 2 aromatic rings. The number of guanidine groups is 1. The Morgan fingerprint density at radius 3 is 2.67 bits per heavy atom. The van der Waals surface area contributed by atoms with E-state index in [2.05, 4.69) is 66.7 Å². The van der Waals surface area contributed by atoms with Gasteiger partial charge >= 0.3 is 0 Å². The number of aryl methyl sites for hydroxylation is 1. The lowest BCUT2D eigenvalue weighted by Gasteiger charge is -2.15. The van der Waals surface area contributed by atoms with Crippen molar-refractivity contribution in [3.05, 3.63) is 53.5 Å². The van der Waals surface area contributed by atoms with E-state index in [1.165, 1.54) is 16.8 Å². The monoisotopic (exact) mass is 328 g/mol. The summed E-state index contributed by atoms with van der Waals surface area (Å²) in [4.78, 5) is 6.80. The molecule has 1 aromatic heterocycles. The summed E-state index contributed by atoms with van der Waals surface area (Å²) in [6, 6.07) is 10.4. The van der Waals surface area contributed by atoms with Crippen molar-refractivity contribution in [2.75, 3.05) is 32.1 Å². The zero-order valence-corrected chi connectivity index (χ0v) is 15.1. The molecule has 0 unspecified atom stereocenters. The molecule has 5 heteroatoms. The Balaban J connectivity index is 1.94. The van der Waals surface area contributed by atoms with Gasteiger partial charge in [-0.25, -0.2) is 4.99 Å². The van der Waals surface area contributed by atoms with Gasteiger partial charge in [0.25, 0.3) is 0 Å². The number of furan rings is 1. The molecule has 0 aliphatic carbocycles. The van der Waals surface area contributed by atoms with Gasteiger partial charge in [-0.3, -0.25) is 0 Å². The Morgan fingerprint density at radius 2 is 2.04 bits per heavy atom. The lowest BCUT2D eigenvalue weighted by molar-refractivity contribution is 0.507. The van der Waals surface area contributed by atoms with Crippen LogP contribution in [-0.2, 0) is 13.0 Å². The van der Waals surface area contributed by atoms with Gasteiger partial charge in [-0.15, -0.1) is 0 Å². The predicted molar refractivity (Wildman–Crippen MR) is 101 cm³/mol. The summed E-state index contributed by atoms with van der Waals surface area (Å²) in [7, 11) is 4.11. The van der Waals surface area contributed by atoms with Crippen molar-refractivity contribution in [1.29, 1.82) is 0 Å². The molecule has 0 aliphatic rings. The normalized spacial score (nSPS) is 11.4. The van der Waals surface area contributed by atoms with E-state index in [0.717, 1.165) is 31.2 Å². The third kappa shape index (κ3) is 5.33. The van der Waals surface area contributed by atoms with E-state index >= 15 is 0 Å². The van der Waals surface area contributed by atoms with E-state index in [4.69, 9.17) is 4.42 Å². The third-order valence-electron chi connectivity index (χ3n) is 3.84. The van der Waals surface area contributed by atoms with Crippen LogP contribution in [0, 0.1) is 6.92 Å². The van der Waals surface area contributed by atoms with Gasteiger partial charge in [0.1, 0.15) is 5.76 Å². The van der Waals surface area contributed by atoms with Crippen LogP contribution in [-0.4, -0.2) is 33.1 Å². The minimum absolute atomic E-state index is 0.662. The Hall–Kier alpha value is -2.43. The van der Waals surface area contributed by atoms with Crippen LogP contribution in [0.1, 0.15) is 23.8 Å². The summed E-state index contributed by atoms with van der Waals surface area (Å²) >= 11 is 0. The first-order valence-corrected chi connectivity index (χ1v) is 8.41. The minimum atomic E-state index is 0.662. The fourth-order valence-corrected chi connectivity index (χ4v) is 2.40. The lowest BCUT2D eigenvalue weighted by Crippen LogP contribution is -2.38. The van der Waals surface area contributed by atoms with Gasteiger partial charge < -0.3 is 20.0 Å². The lowest BCUT2D eigenvalue weighted by atomic mass is 10.1. The van der Waals surface area contributed by atoms with Crippen molar-refractivity contribution in [2.24, 2.45) is 4.99 Å². The third-order valence-corrected chi connectivity index (χ3v) is 3.84. The molecule has 1 heterocycles. The van der Waals surface area contributed by atoms with E-state index in [-0.39, 0.29) is 0 Å². The number of nitrogens with one attached hydrogen (secondary N) is 2. The van der Waals surface area contributed by atoms with Crippen LogP contribution in [0.15, 0.2) is 46.0 Å². The Kier molecular flexibility index (Phi) is 6.73. The first-order valence-electron chi connectivity index (χ1n) is 8.41. The number of rotatable bonds is 7. The fourth-order valence-electron chi connectivity index (χ4n) is 2.40. The van der Waals surface area contributed by atoms with E-state index in [0.29, 0.717) is 6.54 Å². The molecule has 2 rings (SSSR count). The van der Waals surface area contributed by atoms with Crippen LogP contribution in [0.2, 0.25) is 0 Å². The van der Waals surface area contributed by atoms with Gasteiger partial charge in [0.15, 0.2) is 5.96 Å². The van der Waals surface area contributed by atoms with Crippen molar-refractivity contribution >= 4 is 11.6 Å². The molecule has 0 fully saturated rings. The Morgan fingerprint density at radius 1 is 1.21 bits per heavy atom. The highest BCUT2D eigenvalue weighted by Gasteiger charge is 2.03. The smallest absolute Gasteiger partial charge is 0.191 e. The van der Waals surface area contributed by atoms with Crippen molar-refractivity contribution in [1.82, 2.24) is 10.6 Å². The van der Waals surface area contributed by atoms with Gasteiger partial charge in [0.2, 0.25) is 0 Å². The van der Waals surface area contributed by atoms with Crippen LogP contribution < -0.4 is 15.5 Å². The molecule has 0 atom stereocenters. The summed E-state index contributed by atoms with van der Waals surface area (Å²) in [5.41, 5.74) is 3.71. The summed E-state index contributed by atoms with van der Waals surface area (Å²) < 4.78 is 5.35. The number of hydrogen-bond donors (Lipinski definition) is 2. The quantitative estimate of drug-likeness (QED) is 0.606. The maximum absolute atomic E-state index is 5.35. The van der Waals surface area contributed by atoms with Crippen LogP contribution in [0.25, 0.3) is 0 Å². The molecule has 0 spiro atoms. The van der Waals surface area contributed by atoms with Crippen LogP contribution in [0.5, 0.6) is 0 Å². The highest BCUT2D eigenvalue weighted by atomic mass is 16.3. The van der Waals surface area contributed by atoms with Gasteiger partial charge in [-0.2, -0.15) is 0 Å². The number of hydrogen-bond acceptors (Lipinski definition) is 3. The van der Waals surface area contributed by atoms with E-state index < -0.39 is 0 Å². The molecule has 2 N–H and O–H groups in total. The second-order valence-electron chi connectivity index (χ2n) is 5.96. The predicted octanol–water partition coefficient (Wildman–Crippen LogP) is 2.95. The van der Waals surface area contributed by atoms with Crippen molar-refractivity contribution in [3.63, 3.8) is 0 Å². The molecular formula is C19H28N4O. The highest BCUT2D eigenvalue weighted by molar-refractivity contribution is 5.79. The van der Waals surface area contributed by atoms with Crippen LogP contribution >= 0.6 is 0 Å². The molecule has 0 saturated heterocycles. The number of benzene rings is 1. The number of nitrogens with zero attached hydrogens (tertiary/aromatic N) is 2. The Bertz CT molecular complexity index is 647. The van der Waals surface area contributed by atoms with Crippen molar-refractivity contribution in [3.8, 4) is 0 Å². The van der Waals surface area contributed by atoms with Gasteiger partial charge in [0.05, 0.1) is 12.8 Å². The molecular weight excluding hydrogens is 300 g/mol. The van der Waals surface area contributed by atoms with Gasteiger partial charge in [-0.1, -0.05) is 6.07 Å². The summed E-state index contributed by atoms with van der Waals surface area (Å²) in [5, 5.41) is 6.63. The molecule has 0 amide bonds. The van der Waals surface area contributed by atoms with Crippen LogP contribution in [0.4, 0.5) is 5.69 Å². The standard InChI is InChI=1S/C19H28N4O/c1-5-20-19(21-11-10-18-7-6-12-24-18)22-14-16-8-9-17(23(3)4)13-15(16)2/h6-9,12-13H,5,10-11,14H2,1-4H3,(H2,20,21,22). The number of anilines is 1. The molecule has 5 nitrogen and oxygen atoms in total. The molecule has 0 saturated carbocycles. The average Bonchev–Trinajstić information content (AvgIpc) is 3.06. The van der Waals surface area contributed by atoms with E-state index in [9.17, 15) is 0 Å². The van der Waals surface area contributed by atoms with E-state index in [1.54, 1.807) is 6.26 Å². The summed E-state index contributed by atoms with van der Waals surface area (Å²) in [5.74, 6) is 1.81. The zero-order chi connectivity index (χ0) is 17.4. The first-order chi connectivity index (χ1) is 11.6. The van der Waals surface area contributed by atoms with Gasteiger partial charge in [0, 0.05) is 39.3 Å². The number of aliphatic imine (C=N–C) groups is 1. The van der Waals surface area contributed by atoms with Crippen molar-refractivity contribution in [2.45, 2.75) is 26.8 Å². The maximum Gasteiger partial charge on any atom is 0.191 e. The highest BCUT2D eigenvalue weighted by Crippen LogP contribution is 2.17. The van der Waals surface area contributed by atoms with Crippen molar-refractivity contribution < 1.29 is 4.42 Å². The molecule has 1 aromatic carbocycles. The van der Waals surface area contributed by atoms with Crippen LogP contribution in [0.3, 0.4) is 0 Å². The average molecular weight is 328 g/mol. The zero-order valence-electron chi connectivity index (χ0n) is 15.1. The van der Waals surface area contributed by atoms with E-state index in [1.807, 2.05) is 12.1 Å². The molecule has 24 heavy (non-hydrogen) atoms. The molecule has 0 bridgehead atoms. The minimum Gasteiger partial charge on any atom is -0.469 e. The first kappa shape index (κ1) is 17.9. The largest absolute Gasteiger partial charge is 0.469 e. The maximum atomic E-state index is 5.35. The second kappa shape index (κ2) is 9.01. The van der Waals surface area contributed by atoms with Gasteiger partial charge in [-0.05, 0) is 49.2 Å². The molecule has 0 aliphatic heterocycles. The SMILES string of the molecule is CCNC(=NCc1ccc(N(C)C)cc1C)NCCc1ccco1.